The molecule has 0 spiro atoms. The van der Waals surface area contributed by atoms with Gasteiger partial charge < -0.3 is 5.32 Å². The number of non-ortho nitro benzene ring substituents is 1. The second-order valence-corrected chi connectivity index (χ2v) is 4.86. The van der Waals surface area contributed by atoms with E-state index in [4.69, 9.17) is 23.8 Å². The van der Waals surface area contributed by atoms with Crippen molar-refractivity contribution in [1.82, 2.24) is 5.43 Å². The average molecular weight is 323 g/mol. The summed E-state index contributed by atoms with van der Waals surface area (Å²) in [6.45, 7) is 0. The van der Waals surface area contributed by atoms with Crippen LogP contribution in [0.5, 0.6) is 0 Å². The first kappa shape index (κ1) is 15.0. The molecule has 6 nitrogen and oxygen atoms in total. The van der Waals surface area contributed by atoms with Gasteiger partial charge in [0.05, 0.1) is 10.6 Å². The van der Waals surface area contributed by atoms with Crippen molar-refractivity contribution in [3.8, 4) is 0 Å². The van der Waals surface area contributed by atoms with Crippen molar-refractivity contribution >= 4 is 46.0 Å². The van der Waals surface area contributed by atoms with Gasteiger partial charge in [-0.1, -0.05) is 11.6 Å². The highest BCUT2D eigenvalue weighted by molar-refractivity contribution is 7.80. The van der Waals surface area contributed by atoms with Crippen molar-refractivity contribution in [2.75, 3.05) is 10.7 Å². The average Bonchev–Trinajstić information content (AvgIpc) is 2.47. The van der Waals surface area contributed by atoms with E-state index < -0.39 is 4.92 Å². The van der Waals surface area contributed by atoms with Crippen LogP contribution in [-0.2, 0) is 0 Å². The molecule has 0 aliphatic carbocycles. The molecule has 0 amide bonds. The highest BCUT2D eigenvalue weighted by Gasteiger charge is 2.04. The van der Waals surface area contributed by atoms with Crippen molar-refractivity contribution in [3.05, 3.63) is 63.7 Å². The molecule has 2 aromatic carbocycles. The van der Waals surface area contributed by atoms with Crippen LogP contribution in [0.2, 0.25) is 5.02 Å². The lowest BCUT2D eigenvalue weighted by Crippen LogP contribution is -2.33. The summed E-state index contributed by atoms with van der Waals surface area (Å²) in [6.07, 6.45) is 0. The summed E-state index contributed by atoms with van der Waals surface area (Å²) < 4.78 is 0. The molecule has 0 saturated carbocycles. The predicted octanol–water partition coefficient (Wildman–Crippen LogP) is 3.56. The van der Waals surface area contributed by atoms with Gasteiger partial charge in [0.1, 0.15) is 0 Å². The number of thiocarbonyl (C=S) groups is 1. The highest BCUT2D eigenvalue weighted by Crippen LogP contribution is 2.15. The van der Waals surface area contributed by atoms with E-state index in [9.17, 15) is 10.1 Å². The number of nitro groups is 1. The van der Waals surface area contributed by atoms with Gasteiger partial charge >= 0.3 is 0 Å². The molecule has 0 aliphatic heterocycles. The Hall–Kier alpha value is -2.38. The van der Waals surface area contributed by atoms with Crippen molar-refractivity contribution in [2.24, 2.45) is 0 Å². The fraction of sp³-hybridized carbons (Fsp3) is 0. The molecule has 0 heterocycles. The van der Waals surface area contributed by atoms with E-state index >= 15 is 0 Å². The zero-order chi connectivity index (χ0) is 15.2. The SMILES string of the molecule is O=[N+]([O-])c1ccc(NC(=S)NNc2ccc(Cl)cc2)cc1. The first-order valence-corrected chi connectivity index (χ1v) is 6.66. The lowest BCUT2D eigenvalue weighted by atomic mass is 10.3. The van der Waals surface area contributed by atoms with Crippen LogP contribution in [0.15, 0.2) is 48.5 Å². The summed E-state index contributed by atoms with van der Waals surface area (Å²) >= 11 is 10.9. The Morgan fingerprint density at radius 3 is 2.19 bits per heavy atom. The van der Waals surface area contributed by atoms with Crippen LogP contribution in [0.25, 0.3) is 0 Å². The Bertz CT molecular complexity index is 646. The number of hydrogen-bond donors (Lipinski definition) is 3. The van der Waals surface area contributed by atoms with Gasteiger partial charge in [-0.05, 0) is 48.6 Å². The number of halogens is 1. The van der Waals surface area contributed by atoms with Crippen LogP contribution < -0.4 is 16.2 Å². The van der Waals surface area contributed by atoms with Crippen LogP contribution in [-0.4, -0.2) is 10.0 Å². The fourth-order valence-electron chi connectivity index (χ4n) is 1.49. The van der Waals surface area contributed by atoms with E-state index in [1.165, 1.54) is 12.1 Å². The number of rotatable bonds is 4. The van der Waals surface area contributed by atoms with Crippen molar-refractivity contribution in [3.63, 3.8) is 0 Å². The minimum absolute atomic E-state index is 0.0266. The number of hydrogen-bond acceptors (Lipinski definition) is 4. The van der Waals surface area contributed by atoms with Crippen LogP contribution in [0.1, 0.15) is 0 Å². The van der Waals surface area contributed by atoms with Gasteiger partial charge in [0, 0.05) is 22.8 Å². The third-order valence-corrected chi connectivity index (χ3v) is 2.96. The van der Waals surface area contributed by atoms with Crippen molar-refractivity contribution < 1.29 is 4.92 Å². The quantitative estimate of drug-likeness (QED) is 0.454. The summed E-state index contributed by atoms with van der Waals surface area (Å²) in [5.74, 6) is 0. The van der Waals surface area contributed by atoms with Crippen LogP contribution in [0.4, 0.5) is 17.1 Å². The molecule has 108 valence electrons. The molecule has 0 fully saturated rings. The fourth-order valence-corrected chi connectivity index (χ4v) is 1.79. The van der Waals surface area contributed by atoms with Crippen molar-refractivity contribution in [1.29, 1.82) is 0 Å². The highest BCUT2D eigenvalue weighted by atomic mass is 35.5. The summed E-state index contributed by atoms with van der Waals surface area (Å²) in [5.41, 5.74) is 7.17. The molecule has 2 rings (SSSR count). The smallest absolute Gasteiger partial charge is 0.269 e. The summed E-state index contributed by atoms with van der Waals surface area (Å²) in [6, 6.07) is 13.0. The molecule has 8 heteroatoms. The van der Waals surface area contributed by atoms with E-state index in [1.807, 2.05) is 0 Å². The Kier molecular flexibility index (Phi) is 4.91. The lowest BCUT2D eigenvalue weighted by Gasteiger charge is -2.12. The molecule has 0 unspecified atom stereocenters. The van der Waals surface area contributed by atoms with E-state index in [2.05, 4.69) is 16.2 Å². The number of nitrogens with one attached hydrogen (secondary N) is 3. The Balaban J connectivity index is 1.86. The van der Waals surface area contributed by atoms with Crippen LogP contribution in [0.3, 0.4) is 0 Å². The molecule has 0 aliphatic rings. The van der Waals surface area contributed by atoms with Gasteiger partial charge in [0.25, 0.3) is 5.69 Å². The molecular formula is C13H11ClN4O2S. The monoisotopic (exact) mass is 322 g/mol. The predicted molar refractivity (Wildman–Crippen MR) is 87.5 cm³/mol. The van der Waals surface area contributed by atoms with Crippen LogP contribution >= 0.6 is 23.8 Å². The minimum atomic E-state index is -0.456. The maximum atomic E-state index is 10.5. The van der Waals surface area contributed by atoms with Gasteiger partial charge in [0.2, 0.25) is 0 Å². The standard InChI is InChI=1S/C13H11ClN4O2S/c14-9-1-3-11(4-2-9)16-17-13(21)15-10-5-7-12(8-6-10)18(19)20/h1-8,16H,(H2,15,17,21). The topological polar surface area (TPSA) is 79.2 Å². The first-order chi connectivity index (χ1) is 10.0. The van der Waals surface area contributed by atoms with Gasteiger partial charge in [-0.3, -0.25) is 21.0 Å². The van der Waals surface area contributed by atoms with Gasteiger partial charge in [-0.25, -0.2) is 0 Å². The molecule has 0 saturated heterocycles. The molecule has 2 aromatic rings. The summed E-state index contributed by atoms with van der Waals surface area (Å²) in [4.78, 5) is 10.1. The molecule has 0 radical (unpaired) electrons. The molecule has 0 bridgehead atoms. The number of nitrogens with zero attached hydrogens (tertiary/aromatic N) is 1. The Morgan fingerprint density at radius 1 is 1.05 bits per heavy atom. The molecule has 21 heavy (non-hydrogen) atoms. The number of benzene rings is 2. The number of hydrazine groups is 1. The van der Waals surface area contributed by atoms with Crippen molar-refractivity contribution in [2.45, 2.75) is 0 Å². The second-order valence-electron chi connectivity index (χ2n) is 4.02. The third kappa shape index (κ3) is 4.59. The van der Waals surface area contributed by atoms with E-state index in [0.29, 0.717) is 15.8 Å². The van der Waals surface area contributed by atoms with Gasteiger partial charge in [0.15, 0.2) is 5.11 Å². The Morgan fingerprint density at radius 2 is 1.62 bits per heavy atom. The lowest BCUT2D eigenvalue weighted by molar-refractivity contribution is -0.384. The zero-order valence-corrected chi connectivity index (χ0v) is 12.2. The summed E-state index contributed by atoms with van der Waals surface area (Å²) in [5, 5.41) is 14.4. The zero-order valence-electron chi connectivity index (χ0n) is 10.7. The van der Waals surface area contributed by atoms with Gasteiger partial charge in [-0.2, -0.15) is 0 Å². The second kappa shape index (κ2) is 6.87. The number of nitro benzene ring substituents is 1. The number of anilines is 2. The third-order valence-electron chi connectivity index (χ3n) is 2.50. The largest absolute Gasteiger partial charge is 0.331 e. The van der Waals surface area contributed by atoms with E-state index in [-0.39, 0.29) is 5.69 Å². The molecule has 0 atom stereocenters. The molecule has 3 N–H and O–H groups in total. The summed E-state index contributed by atoms with van der Waals surface area (Å²) in [7, 11) is 0. The molecular weight excluding hydrogens is 312 g/mol. The normalized spacial score (nSPS) is 9.76. The maximum absolute atomic E-state index is 10.5. The first-order valence-electron chi connectivity index (χ1n) is 5.87. The van der Waals surface area contributed by atoms with Crippen LogP contribution in [0, 0.1) is 10.1 Å². The molecule has 0 aromatic heterocycles. The maximum Gasteiger partial charge on any atom is 0.269 e. The Labute approximate surface area is 131 Å². The van der Waals surface area contributed by atoms with Gasteiger partial charge in [-0.15, -0.1) is 0 Å². The minimum Gasteiger partial charge on any atom is -0.331 e. The van der Waals surface area contributed by atoms with E-state index in [1.54, 1.807) is 36.4 Å². The van der Waals surface area contributed by atoms with E-state index in [0.717, 1.165) is 5.69 Å².